The lowest BCUT2D eigenvalue weighted by molar-refractivity contribution is -0.385. The van der Waals surface area contributed by atoms with Crippen molar-refractivity contribution in [3.05, 3.63) is 46.1 Å². The third-order valence-electron chi connectivity index (χ3n) is 1.76. The standard InChI is InChI=1S/C8H5N4O2/c13-12(14)8-4-2-1-3-6(8)7-5-9-11-10-7/h1-5H. The van der Waals surface area contributed by atoms with Gasteiger partial charge in [-0.1, -0.05) is 12.1 Å². The second-order valence-corrected chi connectivity index (χ2v) is 2.59. The number of rotatable bonds is 2. The second-order valence-electron chi connectivity index (χ2n) is 2.59. The summed E-state index contributed by atoms with van der Waals surface area (Å²) in [7, 11) is 0. The first-order valence-corrected chi connectivity index (χ1v) is 3.84. The van der Waals surface area contributed by atoms with Crippen molar-refractivity contribution < 1.29 is 4.92 Å². The third kappa shape index (κ3) is 1.33. The lowest BCUT2D eigenvalue weighted by atomic mass is 10.1. The van der Waals surface area contributed by atoms with E-state index in [-0.39, 0.29) is 5.69 Å². The van der Waals surface area contributed by atoms with Crippen LogP contribution in [0.15, 0.2) is 40.8 Å². The highest BCUT2D eigenvalue weighted by Gasteiger charge is 2.17. The molecule has 1 radical (unpaired) electrons. The molecule has 69 valence electrons. The van der Waals surface area contributed by atoms with Crippen LogP contribution < -0.4 is 5.43 Å². The maximum atomic E-state index is 10.7. The summed E-state index contributed by atoms with van der Waals surface area (Å²) in [6, 6.07) is 6.34. The molecule has 0 saturated carbocycles. The average Bonchev–Trinajstić information content (AvgIpc) is 2.70. The highest BCUT2D eigenvalue weighted by Crippen LogP contribution is 2.27. The van der Waals surface area contributed by atoms with Crippen LogP contribution in [0.25, 0.3) is 5.70 Å². The summed E-state index contributed by atoms with van der Waals surface area (Å²) in [5, 5.41) is 17.7. The van der Waals surface area contributed by atoms with Crippen LogP contribution in [0.2, 0.25) is 0 Å². The molecule has 0 unspecified atom stereocenters. The van der Waals surface area contributed by atoms with Gasteiger partial charge in [0.05, 0.1) is 16.7 Å². The van der Waals surface area contributed by atoms with Crippen molar-refractivity contribution in [3.63, 3.8) is 0 Å². The largest absolute Gasteiger partial charge is 0.278 e. The van der Waals surface area contributed by atoms with Crippen LogP contribution in [-0.4, -0.2) is 4.92 Å². The van der Waals surface area contributed by atoms with E-state index >= 15 is 0 Å². The van der Waals surface area contributed by atoms with E-state index in [1.807, 2.05) is 0 Å². The molecular formula is C8H5N4O2. The number of hydrogen-bond donors (Lipinski definition) is 0. The average molecular weight is 189 g/mol. The van der Waals surface area contributed by atoms with E-state index in [9.17, 15) is 10.1 Å². The number of hydrogen-bond acceptors (Lipinski definition) is 4. The molecule has 0 amide bonds. The van der Waals surface area contributed by atoms with Crippen LogP contribution in [0.3, 0.4) is 0 Å². The number of benzene rings is 1. The number of para-hydroxylation sites is 1. The van der Waals surface area contributed by atoms with Gasteiger partial charge in [0.2, 0.25) is 0 Å². The minimum Gasteiger partial charge on any atom is -0.258 e. The fourth-order valence-electron chi connectivity index (χ4n) is 1.15. The van der Waals surface area contributed by atoms with E-state index in [0.717, 1.165) is 0 Å². The normalized spacial score (nSPS) is 13.6. The van der Waals surface area contributed by atoms with Gasteiger partial charge in [-0.2, -0.15) is 0 Å². The topological polar surface area (TPSA) is 82.0 Å². The lowest BCUT2D eigenvalue weighted by Gasteiger charge is -1.97. The Morgan fingerprint density at radius 2 is 2.07 bits per heavy atom. The van der Waals surface area contributed by atoms with Crippen LogP contribution in [0.5, 0.6) is 0 Å². The minimum absolute atomic E-state index is 0.00907. The Morgan fingerprint density at radius 3 is 2.71 bits per heavy atom. The molecule has 1 heterocycles. The quantitative estimate of drug-likeness (QED) is 0.525. The Kier molecular flexibility index (Phi) is 1.94. The number of nitro benzene ring substituents is 1. The van der Waals surface area contributed by atoms with Gasteiger partial charge in [0.15, 0.2) is 0 Å². The maximum Gasteiger partial charge on any atom is 0.278 e. The smallest absolute Gasteiger partial charge is 0.258 e. The first-order chi connectivity index (χ1) is 6.79. The van der Waals surface area contributed by atoms with E-state index in [2.05, 4.69) is 15.8 Å². The summed E-state index contributed by atoms with van der Waals surface area (Å²) >= 11 is 0. The fourth-order valence-corrected chi connectivity index (χ4v) is 1.15. The summed E-state index contributed by atoms with van der Waals surface area (Å²) < 4.78 is 0. The van der Waals surface area contributed by atoms with Gasteiger partial charge in [-0.3, -0.25) is 10.1 Å². The van der Waals surface area contributed by atoms with Crippen molar-refractivity contribution in [1.82, 2.24) is 5.43 Å². The molecule has 14 heavy (non-hydrogen) atoms. The SMILES string of the molecule is O=[N+]([O-])c1ccccc1C1=C[N]N=N1. The lowest BCUT2D eigenvalue weighted by Crippen LogP contribution is -1.93. The van der Waals surface area contributed by atoms with Crippen LogP contribution in [0, 0.1) is 10.1 Å². The third-order valence-corrected chi connectivity index (χ3v) is 1.76. The number of nitrogens with zero attached hydrogens (tertiary/aromatic N) is 4. The molecule has 0 N–H and O–H groups in total. The van der Waals surface area contributed by atoms with E-state index in [1.54, 1.807) is 18.2 Å². The predicted octanol–water partition coefficient (Wildman–Crippen LogP) is 1.88. The van der Waals surface area contributed by atoms with Crippen molar-refractivity contribution in [2.45, 2.75) is 0 Å². The van der Waals surface area contributed by atoms with E-state index in [1.165, 1.54) is 12.3 Å². The molecule has 2 rings (SSSR count). The monoisotopic (exact) mass is 189 g/mol. The van der Waals surface area contributed by atoms with Gasteiger partial charge in [-0.15, -0.1) is 10.5 Å². The Balaban J connectivity index is 2.51. The van der Waals surface area contributed by atoms with Crippen molar-refractivity contribution in [3.8, 4) is 0 Å². The summed E-state index contributed by atoms with van der Waals surface area (Å²) in [6.07, 6.45) is 1.39. The molecule has 0 atom stereocenters. The van der Waals surface area contributed by atoms with E-state index in [0.29, 0.717) is 11.3 Å². The van der Waals surface area contributed by atoms with Crippen LogP contribution in [-0.2, 0) is 0 Å². The van der Waals surface area contributed by atoms with Crippen LogP contribution >= 0.6 is 0 Å². The van der Waals surface area contributed by atoms with Gasteiger partial charge in [0.1, 0.15) is 5.70 Å². The molecule has 1 aromatic rings. The van der Waals surface area contributed by atoms with Gasteiger partial charge in [-0.25, -0.2) is 0 Å². The van der Waals surface area contributed by atoms with E-state index < -0.39 is 4.92 Å². The molecule has 6 nitrogen and oxygen atoms in total. The Hall–Kier alpha value is -2.24. The summed E-state index contributed by atoms with van der Waals surface area (Å²) in [6.45, 7) is 0. The predicted molar refractivity (Wildman–Crippen MR) is 48.1 cm³/mol. The molecule has 0 saturated heterocycles. The van der Waals surface area contributed by atoms with Gasteiger partial charge >= 0.3 is 0 Å². The molecule has 0 aromatic heterocycles. The van der Waals surface area contributed by atoms with Gasteiger partial charge in [0, 0.05) is 6.07 Å². The minimum atomic E-state index is -0.454. The van der Waals surface area contributed by atoms with Crippen LogP contribution in [0.4, 0.5) is 5.69 Å². The van der Waals surface area contributed by atoms with Crippen molar-refractivity contribution in [2.24, 2.45) is 10.3 Å². The van der Waals surface area contributed by atoms with Crippen molar-refractivity contribution >= 4 is 11.4 Å². The fraction of sp³-hybridized carbons (Fsp3) is 0. The van der Waals surface area contributed by atoms with Crippen LogP contribution in [0.1, 0.15) is 5.56 Å². The number of nitro groups is 1. The van der Waals surface area contributed by atoms with Gasteiger partial charge in [-0.05, 0) is 11.3 Å². The molecule has 0 fully saturated rings. The zero-order valence-corrected chi connectivity index (χ0v) is 6.99. The van der Waals surface area contributed by atoms with Gasteiger partial charge in [0.25, 0.3) is 5.69 Å². The summed E-state index contributed by atoms with van der Waals surface area (Å²) in [5.74, 6) is 0. The molecule has 0 aliphatic carbocycles. The molecule has 6 heteroatoms. The Morgan fingerprint density at radius 1 is 1.29 bits per heavy atom. The first kappa shape index (κ1) is 8.36. The molecule has 0 bridgehead atoms. The van der Waals surface area contributed by atoms with E-state index in [4.69, 9.17) is 0 Å². The summed E-state index contributed by atoms with van der Waals surface area (Å²) in [5.41, 5.74) is 4.37. The molecular weight excluding hydrogens is 184 g/mol. The maximum absolute atomic E-state index is 10.7. The highest BCUT2D eigenvalue weighted by atomic mass is 16.6. The highest BCUT2D eigenvalue weighted by molar-refractivity contribution is 5.71. The molecule has 0 spiro atoms. The molecule has 1 aliphatic heterocycles. The first-order valence-electron chi connectivity index (χ1n) is 3.84. The summed E-state index contributed by atoms with van der Waals surface area (Å²) in [4.78, 5) is 10.2. The zero-order chi connectivity index (χ0) is 9.97. The Bertz CT molecular complexity index is 439. The molecule has 1 aliphatic rings. The second kappa shape index (κ2) is 3.25. The van der Waals surface area contributed by atoms with Crippen molar-refractivity contribution in [1.29, 1.82) is 0 Å². The molecule has 1 aromatic carbocycles. The zero-order valence-electron chi connectivity index (χ0n) is 6.99. The van der Waals surface area contributed by atoms with Gasteiger partial charge < -0.3 is 0 Å². The van der Waals surface area contributed by atoms with Crippen molar-refractivity contribution in [2.75, 3.05) is 0 Å². The Labute approximate surface area is 79.1 Å².